The summed E-state index contributed by atoms with van der Waals surface area (Å²) >= 11 is 0. The van der Waals surface area contributed by atoms with E-state index in [-0.39, 0.29) is 6.09 Å². The van der Waals surface area contributed by atoms with Gasteiger partial charge in [0.15, 0.2) is 17.5 Å². The molecular weight excluding hydrogens is 346 g/mol. The average Bonchev–Trinajstić information content (AvgIpc) is 3.27. The van der Waals surface area contributed by atoms with E-state index in [2.05, 4.69) is 30.8 Å². The Hall–Kier alpha value is -3.62. The molecule has 4 rings (SSSR count). The van der Waals surface area contributed by atoms with Crippen molar-refractivity contribution in [1.29, 1.82) is 0 Å². The largest absolute Gasteiger partial charge is 0.452 e. The molecule has 0 saturated carbocycles. The number of ether oxygens (including phenoxy) is 1. The molecule has 0 unspecified atom stereocenters. The number of aromatic amines is 1. The highest BCUT2D eigenvalue weighted by molar-refractivity contribution is 5.91. The fourth-order valence-corrected chi connectivity index (χ4v) is 3.00. The van der Waals surface area contributed by atoms with Gasteiger partial charge in [-0.05, 0) is 31.0 Å². The number of methoxy groups -OCH3 is 1. The number of aryl methyl sites for hydroxylation is 1. The topological polar surface area (TPSA) is 108 Å². The van der Waals surface area contributed by atoms with E-state index in [1.807, 2.05) is 31.2 Å². The van der Waals surface area contributed by atoms with E-state index in [1.54, 1.807) is 17.3 Å². The van der Waals surface area contributed by atoms with Crippen LogP contribution in [-0.4, -0.2) is 39.9 Å². The molecule has 0 fully saturated rings. The van der Waals surface area contributed by atoms with Crippen LogP contribution in [0.2, 0.25) is 0 Å². The number of hydrogen-bond donors (Lipinski definition) is 3. The molecule has 0 atom stereocenters. The zero-order valence-corrected chi connectivity index (χ0v) is 15.0. The second-order valence-corrected chi connectivity index (χ2v) is 6.19. The van der Waals surface area contributed by atoms with E-state index < -0.39 is 0 Å². The second-order valence-electron chi connectivity index (χ2n) is 6.19. The highest BCUT2D eigenvalue weighted by atomic mass is 16.5. The Balaban J connectivity index is 1.53. The van der Waals surface area contributed by atoms with Gasteiger partial charge in [0.1, 0.15) is 0 Å². The Labute approximate surface area is 155 Å². The summed E-state index contributed by atoms with van der Waals surface area (Å²) in [6, 6.07) is 7.75. The Bertz CT molecular complexity index is 985. The first-order valence-corrected chi connectivity index (χ1v) is 8.49. The lowest BCUT2D eigenvalue weighted by molar-refractivity contribution is 0.179. The number of carbonyl (C=O) groups is 1. The number of nitrogens with zero attached hydrogens (tertiary/aromatic N) is 4. The van der Waals surface area contributed by atoms with Crippen LogP contribution in [0.25, 0.3) is 0 Å². The third kappa shape index (κ3) is 3.52. The van der Waals surface area contributed by atoms with Crippen molar-refractivity contribution in [2.75, 3.05) is 29.2 Å². The maximum atomic E-state index is 11.9. The average molecular weight is 365 g/mol. The molecular formula is C18H19N7O2. The highest BCUT2D eigenvalue weighted by Crippen LogP contribution is 2.32. The van der Waals surface area contributed by atoms with Crippen LogP contribution in [0.3, 0.4) is 0 Å². The van der Waals surface area contributed by atoms with Crippen LogP contribution in [0.15, 0.2) is 36.7 Å². The van der Waals surface area contributed by atoms with Gasteiger partial charge in [-0.1, -0.05) is 6.07 Å². The predicted molar refractivity (Wildman–Crippen MR) is 102 cm³/mol. The minimum absolute atomic E-state index is 0.355. The molecule has 2 aromatic heterocycles. The number of amides is 1. The minimum atomic E-state index is -0.355. The zero-order chi connectivity index (χ0) is 18.8. The standard InChI is InChI=1S/C18H19N7O2/c1-11-7-15(24-23-11)21-17-10-19-9-16(22-17)20-13-4-3-12-5-6-25(14(12)8-13)18(26)27-2/h3-4,7-10H,5-6H2,1-2H3,(H3,20,21,22,23,24). The van der Waals surface area contributed by atoms with Crippen LogP contribution in [0, 0.1) is 6.92 Å². The smallest absolute Gasteiger partial charge is 0.414 e. The van der Waals surface area contributed by atoms with Crippen molar-refractivity contribution in [3.63, 3.8) is 0 Å². The number of benzene rings is 1. The molecule has 9 nitrogen and oxygen atoms in total. The number of carbonyl (C=O) groups excluding carboxylic acids is 1. The lowest BCUT2D eigenvalue weighted by atomic mass is 10.1. The van der Waals surface area contributed by atoms with Crippen molar-refractivity contribution < 1.29 is 9.53 Å². The number of fused-ring (bicyclic) bond motifs is 1. The summed E-state index contributed by atoms with van der Waals surface area (Å²) in [4.78, 5) is 22.2. The van der Waals surface area contributed by atoms with E-state index in [1.165, 1.54) is 7.11 Å². The quantitative estimate of drug-likeness (QED) is 0.652. The minimum Gasteiger partial charge on any atom is -0.452 e. The molecule has 0 saturated heterocycles. The van der Waals surface area contributed by atoms with Gasteiger partial charge in [-0.3, -0.25) is 15.0 Å². The van der Waals surface area contributed by atoms with E-state index in [4.69, 9.17) is 4.74 Å². The van der Waals surface area contributed by atoms with Gasteiger partial charge in [-0.2, -0.15) is 5.10 Å². The molecule has 0 spiro atoms. The molecule has 27 heavy (non-hydrogen) atoms. The third-order valence-corrected chi connectivity index (χ3v) is 4.24. The summed E-state index contributed by atoms with van der Waals surface area (Å²) < 4.78 is 4.85. The van der Waals surface area contributed by atoms with Crippen molar-refractivity contribution in [2.24, 2.45) is 0 Å². The summed E-state index contributed by atoms with van der Waals surface area (Å²) in [6.45, 7) is 2.54. The molecule has 3 N–H and O–H groups in total. The second kappa shape index (κ2) is 6.94. The van der Waals surface area contributed by atoms with Gasteiger partial charge >= 0.3 is 6.09 Å². The molecule has 1 aliphatic rings. The third-order valence-electron chi connectivity index (χ3n) is 4.24. The Kier molecular flexibility index (Phi) is 4.33. The molecule has 3 heterocycles. The molecule has 3 aromatic rings. The van der Waals surface area contributed by atoms with E-state index >= 15 is 0 Å². The number of nitrogens with one attached hydrogen (secondary N) is 3. The highest BCUT2D eigenvalue weighted by Gasteiger charge is 2.25. The zero-order valence-electron chi connectivity index (χ0n) is 15.0. The lowest BCUT2D eigenvalue weighted by Crippen LogP contribution is -2.28. The lowest BCUT2D eigenvalue weighted by Gasteiger charge is -2.16. The van der Waals surface area contributed by atoms with Crippen molar-refractivity contribution >= 4 is 34.9 Å². The van der Waals surface area contributed by atoms with Gasteiger partial charge in [0.25, 0.3) is 0 Å². The normalized spacial score (nSPS) is 12.6. The van der Waals surface area contributed by atoms with Crippen molar-refractivity contribution in [3.8, 4) is 0 Å². The van der Waals surface area contributed by atoms with Crippen LogP contribution < -0.4 is 15.5 Å². The molecule has 9 heteroatoms. The molecule has 0 aliphatic carbocycles. The SMILES string of the molecule is COC(=O)N1CCc2ccc(Nc3cncc(Nc4cc(C)[nH]n4)n3)cc21. The number of aromatic nitrogens is 4. The maximum absolute atomic E-state index is 11.9. The summed E-state index contributed by atoms with van der Waals surface area (Å²) in [6.07, 6.45) is 3.71. The van der Waals surface area contributed by atoms with E-state index in [0.717, 1.165) is 29.1 Å². The molecule has 1 aliphatic heterocycles. The molecule has 138 valence electrons. The Morgan fingerprint density at radius 3 is 2.74 bits per heavy atom. The molecule has 1 amide bonds. The molecule has 1 aromatic carbocycles. The summed E-state index contributed by atoms with van der Waals surface area (Å²) in [5.74, 6) is 1.82. The summed E-state index contributed by atoms with van der Waals surface area (Å²) in [5.41, 5.74) is 3.72. The first kappa shape index (κ1) is 16.8. The van der Waals surface area contributed by atoms with Crippen LogP contribution >= 0.6 is 0 Å². The van der Waals surface area contributed by atoms with E-state index in [0.29, 0.717) is 24.0 Å². The Morgan fingerprint density at radius 1 is 1.19 bits per heavy atom. The van der Waals surface area contributed by atoms with Gasteiger partial charge in [0.05, 0.1) is 25.2 Å². The fraction of sp³-hybridized carbons (Fsp3) is 0.222. The number of anilines is 5. The van der Waals surface area contributed by atoms with Gasteiger partial charge in [0, 0.05) is 24.0 Å². The van der Waals surface area contributed by atoms with Crippen molar-refractivity contribution in [3.05, 3.63) is 47.9 Å². The number of hydrogen-bond acceptors (Lipinski definition) is 7. The first-order valence-electron chi connectivity index (χ1n) is 8.49. The summed E-state index contributed by atoms with van der Waals surface area (Å²) in [7, 11) is 1.39. The first-order chi connectivity index (χ1) is 13.1. The van der Waals surface area contributed by atoms with Crippen LogP contribution in [0.5, 0.6) is 0 Å². The summed E-state index contributed by atoms with van der Waals surface area (Å²) in [5, 5.41) is 13.3. The van der Waals surface area contributed by atoms with Gasteiger partial charge in [0.2, 0.25) is 0 Å². The molecule has 0 radical (unpaired) electrons. The maximum Gasteiger partial charge on any atom is 0.414 e. The monoisotopic (exact) mass is 365 g/mol. The Morgan fingerprint density at radius 2 is 2.00 bits per heavy atom. The van der Waals surface area contributed by atoms with Gasteiger partial charge < -0.3 is 15.4 Å². The van der Waals surface area contributed by atoms with Crippen molar-refractivity contribution in [2.45, 2.75) is 13.3 Å². The molecule has 0 bridgehead atoms. The van der Waals surface area contributed by atoms with Crippen LogP contribution in [0.1, 0.15) is 11.3 Å². The predicted octanol–water partition coefficient (Wildman–Crippen LogP) is 3.12. The number of H-pyrrole nitrogens is 1. The van der Waals surface area contributed by atoms with Crippen LogP contribution in [0.4, 0.5) is 33.6 Å². The van der Waals surface area contributed by atoms with Gasteiger partial charge in [-0.15, -0.1) is 0 Å². The number of rotatable bonds is 4. The van der Waals surface area contributed by atoms with Gasteiger partial charge in [-0.25, -0.2) is 9.78 Å². The van der Waals surface area contributed by atoms with E-state index in [9.17, 15) is 4.79 Å². The van der Waals surface area contributed by atoms with Crippen molar-refractivity contribution in [1.82, 2.24) is 20.2 Å². The van der Waals surface area contributed by atoms with Crippen LogP contribution in [-0.2, 0) is 11.2 Å². The fourth-order valence-electron chi connectivity index (χ4n) is 3.00.